The van der Waals surface area contributed by atoms with Gasteiger partial charge in [0.2, 0.25) is 23.6 Å². The third kappa shape index (κ3) is 47.5. The number of rotatable bonds is 57. The Labute approximate surface area is 594 Å². The van der Waals surface area contributed by atoms with Gasteiger partial charge >= 0.3 is 23.9 Å². The molecule has 4 atom stereocenters. The minimum Gasteiger partial charge on any atom is -0.465 e. The van der Waals surface area contributed by atoms with Crippen LogP contribution in [0.2, 0.25) is 0 Å². The van der Waals surface area contributed by atoms with Crippen molar-refractivity contribution in [2.75, 3.05) is 78.8 Å². The van der Waals surface area contributed by atoms with Gasteiger partial charge < -0.3 is 38.5 Å². The maximum Gasteiger partial charge on any atom is 0.311 e. The lowest BCUT2D eigenvalue weighted by molar-refractivity contribution is -0.149. The normalized spacial score (nSPS) is 17.4. The minimum atomic E-state index is -0.245. The number of nitrogens with zero attached hydrogens (tertiary/aromatic N) is 4. The molecule has 566 valence electrons. The predicted molar refractivity (Wildman–Crippen MR) is 396 cm³/mol. The number of likely N-dealkylation sites (tertiary alicyclic amines) is 4. The van der Waals surface area contributed by atoms with E-state index < -0.39 is 0 Å². The average molecular weight is 1370 g/mol. The summed E-state index contributed by atoms with van der Waals surface area (Å²) in [6.07, 6.45) is 58.0. The largest absolute Gasteiger partial charge is 0.465 e. The molecule has 4 aliphatic heterocycles. The Bertz CT molecular complexity index is 1990. The molecule has 0 spiro atoms. The van der Waals surface area contributed by atoms with E-state index in [2.05, 4.69) is 27.7 Å². The van der Waals surface area contributed by atoms with E-state index >= 15 is 0 Å². The molecule has 0 N–H and O–H groups in total. The molecule has 4 aliphatic rings. The van der Waals surface area contributed by atoms with Crippen molar-refractivity contribution in [3.8, 4) is 0 Å². The van der Waals surface area contributed by atoms with Gasteiger partial charge in [0.1, 0.15) is 0 Å². The molecular formula is C81H150N4O12. The fourth-order valence-electron chi connectivity index (χ4n) is 13.2. The van der Waals surface area contributed by atoms with Crippen molar-refractivity contribution in [2.24, 2.45) is 23.7 Å². The molecule has 0 saturated carbocycles. The van der Waals surface area contributed by atoms with Crippen LogP contribution in [0.15, 0.2) is 0 Å². The van der Waals surface area contributed by atoms with E-state index in [-0.39, 0.29) is 71.2 Å². The maximum absolute atomic E-state index is 12.0. The molecule has 0 bridgehead atoms. The Kier molecular flexibility index (Phi) is 59.8. The van der Waals surface area contributed by atoms with Crippen LogP contribution in [0.5, 0.6) is 0 Å². The number of ether oxygens (including phenoxy) is 4. The van der Waals surface area contributed by atoms with Gasteiger partial charge in [0.05, 0.1) is 50.1 Å². The molecule has 16 nitrogen and oxygen atoms in total. The molecule has 4 amide bonds. The Morgan fingerprint density at radius 3 is 0.526 bits per heavy atom. The topological polar surface area (TPSA) is 186 Å². The van der Waals surface area contributed by atoms with Crippen LogP contribution in [0.25, 0.3) is 0 Å². The van der Waals surface area contributed by atoms with E-state index in [1.54, 1.807) is 0 Å². The highest BCUT2D eigenvalue weighted by molar-refractivity contribution is 5.88. The first-order chi connectivity index (χ1) is 47.2. The summed E-state index contributed by atoms with van der Waals surface area (Å²) in [5.74, 6) is -1.31. The first kappa shape index (κ1) is 90.8. The minimum absolute atomic E-state index is 0.112. The van der Waals surface area contributed by atoms with Crippen molar-refractivity contribution in [1.82, 2.24) is 19.6 Å². The second-order valence-electron chi connectivity index (χ2n) is 28.7. The highest BCUT2D eigenvalue weighted by atomic mass is 16.5. The van der Waals surface area contributed by atoms with E-state index in [4.69, 9.17) is 18.9 Å². The number of carbonyl (C=O) groups excluding carboxylic acids is 8. The Balaban J connectivity index is 0.000000649. The van der Waals surface area contributed by atoms with Crippen LogP contribution in [-0.4, -0.2) is 146 Å². The molecule has 0 aromatic rings. The van der Waals surface area contributed by atoms with Crippen LogP contribution in [0.3, 0.4) is 0 Å². The quantitative estimate of drug-likeness (QED) is 0.0319. The number of hydrogen-bond acceptors (Lipinski definition) is 12. The van der Waals surface area contributed by atoms with Gasteiger partial charge in [-0.05, 0) is 51.4 Å². The maximum atomic E-state index is 12.0. The van der Waals surface area contributed by atoms with Gasteiger partial charge in [-0.3, -0.25) is 38.4 Å². The highest BCUT2D eigenvalue weighted by Crippen LogP contribution is 2.25. The van der Waals surface area contributed by atoms with Crippen molar-refractivity contribution >= 4 is 47.5 Å². The first-order valence-electron chi connectivity index (χ1n) is 41.0. The summed E-state index contributed by atoms with van der Waals surface area (Å²) in [6, 6.07) is 0. The Morgan fingerprint density at radius 2 is 0.381 bits per heavy atom. The second-order valence-corrected chi connectivity index (χ2v) is 28.7. The predicted octanol–water partition coefficient (Wildman–Crippen LogP) is 19.2. The molecule has 4 saturated heterocycles. The molecule has 97 heavy (non-hydrogen) atoms. The van der Waals surface area contributed by atoms with Gasteiger partial charge in [-0.2, -0.15) is 0 Å². The SMILES string of the molecule is CCCCCCCCCCCCCCCCN1CC(C(=O)OCCC)CC1=O.CCCCCCCCCCCCN1CC(C(=O)OCCC)CC1=O.CCCCCCCCCCCN1CC(C(=O)OCCC)CC1=O.CCCCCCCCCCN1CC(C(=O)OCCC)CC1=O. The van der Waals surface area contributed by atoms with Crippen LogP contribution in [0, 0.1) is 23.7 Å². The number of hydrogen-bond donors (Lipinski definition) is 0. The van der Waals surface area contributed by atoms with Crippen molar-refractivity contribution in [1.29, 1.82) is 0 Å². The van der Waals surface area contributed by atoms with Crippen molar-refractivity contribution in [3.05, 3.63) is 0 Å². The second kappa shape index (κ2) is 63.9. The number of carbonyl (C=O) groups is 8. The summed E-state index contributed by atoms with van der Waals surface area (Å²) in [5, 5.41) is 0. The molecule has 4 rings (SSSR count). The van der Waals surface area contributed by atoms with Crippen LogP contribution in [0.1, 0.15) is 370 Å². The Morgan fingerprint density at radius 1 is 0.237 bits per heavy atom. The van der Waals surface area contributed by atoms with Crippen LogP contribution in [0.4, 0.5) is 0 Å². The summed E-state index contributed by atoms with van der Waals surface area (Å²) in [6.45, 7) is 24.2. The zero-order valence-electron chi connectivity index (χ0n) is 64.1. The zero-order chi connectivity index (χ0) is 71.2. The molecule has 4 unspecified atom stereocenters. The summed E-state index contributed by atoms with van der Waals surface area (Å²) in [7, 11) is 0. The van der Waals surface area contributed by atoms with Gasteiger partial charge in [-0.15, -0.1) is 0 Å². The summed E-state index contributed by atoms with van der Waals surface area (Å²) >= 11 is 0. The van der Waals surface area contributed by atoms with Crippen LogP contribution in [-0.2, 0) is 57.3 Å². The lowest BCUT2D eigenvalue weighted by Crippen LogP contribution is -2.27. The highest BCUT2D eigenvalue weighted by Gasteiger charge is 2.38. The van der Waals surface area contributed by atoms with E-state index in [0.29, 0.717) is 78.3 Å². The summed E-state index contributed by atoms with van der Waals surface area (Å²) < 4.78 is 20.6. The lowest BCUT2D eigenvalue weighted by atomic mass is 10.0. The Hall–Kier alpha value is -4.24. The van der Waals surface area contributed by atoms with E-state index in [1.807, 2.05) is 47.3 Å². The lowest BCUT2D eigenvalue weighted by Gasteiger charge is -2.16. The molecule has 16 heteroatoms. The van der Waals surface area contributed by atoms with Crippen molar-refractivity contribution in [2.45, 2.75) is 370 Å². The van der Waals surface area contributed by atoms with Crippen molar-refractivity contribution in [3.63, 3.8) is 0 Å². The fraction of sp³-hybridized carbons (Fsp3) is 0.901. The van der Waals surface area contributed by atoms with Gasteiger partial charge in [-0.25, -0.2) is 0 Å². The molecule has 0 aromatic carbocycles. The fourth-order valence-corrected chi connectivity index (χ4v) is 13.2. The zero-order valence-corrected chi connectivity index (χ0v) is 64.1. The number of esters is 4. The number of unbranched alkanes of at least 4 members (excludes halogenated alkanes) is 37. The van der Waals surface area contributed by atoms with Gasteiger partial charge in [0.25, 0.3) is 0 Å². The first-order valence-corrected chi connectivity index (χ1v) is 41.0. The molecule has 0 radical (unpaired) electrons. The number of amides is 4. The molecule has 4 heterocycles. The van der Waals surface area contributed by atoms with Gasteiger partial charge in [-0.1, -0.05) is 293 Å². The van der Waals surface area contributed by atoms with Gasteiger partial charge in [0.15, 0.2) is 0 Å². The molecule has 0 aromatic heterocycles. The van der Waals surface area contributed by atoms with E-state index in [1.165, 1.54) is 238 Å². The average Bonchev–Trinajstić information content (AvgIpc) is 1.76. The van der Waals surface area contributed by atoms with Crippen LogP contribution >= 0.6 is 0 Å². The molecule has 0 aliphatic carbocycles. The van der Waals surface area contributed by atoms with E-state index in [0.717, 1.165) is 77.5 Å². The summed E-state index contributed by atoms with van der Waals surface area (Å²) in [5.41, 5.74) is 0. The monoisotopic (exact) mass is 1370 g/mol. The standard InChI is InChI=1S/C24H45NO3.C20H37NO3.C19H35NO3.C18H33NO3/c1-3-5-6-7-8-9-10-11-12-13-14-15-16-17-18-25-21-22(20-23(25)26)24(27)28-19-4-2;1-3-5-6-7-8-9-10-11-12-13-14-21-17-18(16-19(21)22)20(23)24-15-4-2;1-3-5-6-7-8-9-10-11-12-13-20-16-17(15-18(20)21)19(22)23-14-4-2;1-3-5-6-7-8-9-10-11-12-19-15-16(14-17(19)20)18(21)22-13-4-2/h22H,3-21H2,1-2H3;18H,3-17H2,1-2H3;17H,3-16H2,1-2H3;16H,3-15H2,1-2H3. The third-order valence-corrected chi connectivity index (χ3v) is 19.4. The molecule has 4 fully saturated rings. The van der Waals surface area contributed by atoms with Crippen molar-refractivity contribution < 1.29 is 57.3 Å². The summed E-state index contributed by atoms with van der Waals surface area (Å²) in [4.78, 5) is 103. The molecular weight excluding hydrogens is 1220 g/mol. The smallest absolute Gasteiger partial charge is 0.311 e. The van der Waals surface area contributed by atoms with Crippen LogP contribution < -0.4 is 0 Å². The van der Waals surface area contributed by atoms with E-state index in [9.17, 15) is 38.4 Å². The van der Waals surface area contributed by atoms with Gasteiger partial charge in [0, 0.05) is 78.0 Å². The third-order valence-electron chi connectivity index (χ3n) is 19.4.